The normalized spacial score (nSPS) is 20.3. The van der Waals surface area contributed by atoms with Crippen LogP contribution >= 0.6 is 8.25 Å². The average molecular weight is 636 g/mol. The van der Waals surface area contributed by atoms with Gasteiger partial charge in [0.1, 0.15) is 23.2 Å². The molecular weight excluding hydrogens is 606 g/mol. The number of rotatable bonds is 11. The first-order valence-electron chi connectivity index (χ1n) is 13.9. The van der Waals surface area contributed by atoms with E-state index in [9.17, 15) is 14.3 Å². The molecule has 5 aromatic rings. The maximum absolute atomic E-state index is 16.2. The lowest BCUT2D eigenvalue weighted by atomic mass is 9.80. The number of benzene rings is 3. The molecule has 0 aliphatic carbocycles. The Morgan fingerprint density at radius 3 is 2.13 bits per heavy atom. The number of ether oxygens (including phenoxy) is 4. The van der Waals surface area contributed by atoms with E-state index in [2.05, 4.69) is 15.0 Å². The summed E-state index contributed by atoms with van der Waals surface area (Å²) in [7, 11) is -0.0720. The molecule has 2 N–H and O–H groups in total. The molecule has 1 fully saturated rings. The summed E-state index contributed by atoms with van der Waals surface area (Å²) in [5.41, 5.74) is 0.502. The molecule has 1 saturated heterocycles. The second kappa shape index (κ2) is 12.8. The van der Waals surface area contributed by atoms with Gasteiger partial charge in [0, 0.05) is 4.57 Å². The molecule has 2 aromatic heterocycles. The Hall–Kier alpha value is -4.52. The van der Waals surface area contributed by atoms with Gasteiger partial charge in [-0.25, -0.2) is 14.4 Å². The second-order valence-electron chi connectivity index (χ2n) is 10.2. The van der Waals surface area contributed by atoms with Gasteiger partial charge >= 0.3 is 8.25 Å². The summed E-state index contributed by atoms with van der Waals surface area (Å²) in [4.78, 5) is 32.5. The monoisotopic (exact) mass is 635 g/mol. The van der Waals surface area contributed by atoms with Gasteiger partial charge in [-0.05, 0) is 41.0 Å². The van der Waals surface area contributed by atoms with E-state index in [0.29, 0.717) is 11.5 Å². The lowest BCUT2D eigenvalue weighted by Gasteiger charge is -2.37. The van der Waals surface area contributed by atoms with Gasteiger partial charge < -0.3 is 23.9 Å². The molecular formula is C31H29FN4O8P+. The number of H-pyrrole nitrogens is 1. The van der Waals surface area contributed by atoms with Crippen molar-refractivity contribution in [3.8, 4) is 11.5 Å². The Morgan fingerprint density at radius 1 is 0.956 bits per heavy atom. The van der Waals surface area contributed by atoms with E-state index in [1.807, 2.05) is 54.6 Å². The van der Waals surface area contributed by atoms with Crippen LogP contribution in [-0.2, 0) is 24.2 Å². The molecule has 0 saturated carbocycles. The summed E-state index contributed by atoms with van der Waals surface area (Å²) in [6, 6.07) is 24.1. The van der Waals surface area contributed by atoms with Crippen molar-refractivity contribution < 1.29 is 37.3 Å². The number of aromatic nitrogens is 4. The minimum Gasteiger partial charge on any atom is -0.497 e. The summed E-state index contributed by atoms with van der Waals surface area (Å²) >= 11 is 0. The third-order valence-electron chi connectivity index (χ3n) is 7.75. The lowest BCUT2D eigenvalue weighted by molar-refractivity contribution is -0.0885. The van der Waals surface area contributed by atoms with Crippen LogP contribution in [0.1, 0.15) is 22.9 Å². The van der Waals surface area contributed by atoms with Crippen molar-refractivity contribution >= 4 is 19.4 Å². The van der Waals surface area contributed by atoms with Crippen molar-refractivity contribution in [3.63, 3.8) is 0 Å². The van der Waals surface area contributed by atoms with Crippen molar-refractivity contribution in [2.45, 2.75) is 30.2 Å². The smallest absolute Gasteiger partial charge is 0.497 e. The number of hydrogen-bond donors (Lipinski definition) is 2. The molecule has 14 heteroatoms. The van der Waals surface area contributed by atoms with Crippen LogP contribution in [0.15, 0.2) is 96.3 Å². The van der Waals surface area contributed by atoms with Crippen LogP contribution in [0.2, 0.25) is 0 Å². The average Bonchev–Trinajstić information content (AvgIpc) is 3.63. The Bertz CT molecular complexity index is 1790. The van der Waals surface area contributed by atoms with Gasteiger partial charge in [0.05, 0.1) is 33.5 Å². The van der Waals surface area contributed by atoms with Crippen molar-refractivity contribution in [3.05, 3.63) is 119 Å². The number of fused-ring (bicyclic) bond motifs is 1. The standard InChI is InChI=1S/C31H28FN4O8P/c1-40-22-12-8-20(9-13-22)31(19-6-4-3-5-7-19,21-10-14-23(41-2)15-11-21)42-16-24-25(32)27(44-45(38)39)30(43-24)36-18-35-26-28(36)33-17-34-29(26)37/h3-15,17-18,24-25,27,30H,16H2,1-2H3,(H-,33,34,37,38,39)/p+1/t24-,25-,27-,30-/m1/s1. The topological polar surface area (TPSA) is 147 Å². The highest BCUT2D eigenvalue weighted by atomic mass is 31.1. The third-order valence-corrected chi connectivity index (χ3v) is 8.18. The Kier molecular flexibility index (Phi) is 8.70. The molecule has 1 aliphatic heterocycles. The van der Waals surface area contributed by atoms with E-state index in [1.165, 1.54) is 17.2 Å². The molecule has 3 aromatic carbocycles. The van der Waals surface area contributed by atoms with E-state index in [1.54, 1.807) is 38.5 Å². The number of aromatic amines is 1. The van der Waals surface area contributed by atoms with E-state index in [4.69, 9.17) is 23.5 Å². The van der Waals surface area contributed by atoms with Crippen LogP contribution in [0.3, 0.4) is 0 Å². The number of halogens is 1. The Balaban J connectivity index is 1.42. The minimum absolute atomic E-state index is 0.00884. The molecule has 0 radical (unpaired) electrons. The van der Waals surface area contributed by atoms with Gasteiger partial charge in [-0.1, -0.05) is 54.6 Å². The first-order valence-corrected chi connectivity index (χ1v) is 15.0. The highest BCUT2D eigenvalue weighted by molar-refractivity contribution is 7.32. The van der Waals surface area contributed by atoms with Crippen molar-refractivity contribution in [2.75, 3.05) is 20.8 Å². The van der Waals surface area contributed by atoms with Gasteiger partial charge in [0.15, 0.2) is 29.7 Å². The van der Waals surface area contributed by atoms with Gasteiger partial charge in [0.2, 0.25) is 0 Å². The molecule has 45 heavy (non-hydrogen) atoms. The highest BCUT2D eigenvalue weighted by Crippen LogP contribution is 2.44. The minimum atomic E-state index is -3.22. The summed E-state index contributed by atoms with van der Waals surface area (Å²) < 4.78 is 58.1. The van der Waals surface area contributed by atoms with Crippen LogP contribution < -0.4 is 15.0 Å². The molecule has 5 atom stereocenters. The highest BCUT2D eigenvalue weighted by Gasteiger charge is 2.53. The molecule has 0 spiro atoms. The molecule has 6 rings (SSSR count). The molecule has 3 heterocycles. The predicted molar refractivity (Wildman–Crippen MR) is 160 cm³/mol. The number of hydrogen-bond acceptors (Lipinski definition) is 9. The first-order chi connectivity index (χ1) is 21.8. The maximum Gasteiger partial charge on any atom is 0.695 e. The number of imidazole rings is 1. The van der Waals surface area contributed by atoms with Crippen molar-refractivity contribution in [2.24, 2.45) is 0 Å². The Morgan fingerprint density at radius 2 is 1.56 bits per heavy atom. The fraction of sp³-hybridized carbons (Fsp3) is 0.258. The van der Waals surface area contributed by atoms with Crippen molar-refractivity contribution in [1.82, 2.24) is 19.5 Å². The third kappa shape index (κ3) is 5.72. The van der Waals surface area contributed by atoms with Gasteiger partial charge in [-0.3, -0.25) is 9.36 Å². The summed E-state index contributed by atoms with van der Waals surface area (Å²) in [6.45, 7) is -0.312. The number of alkyl halides is 1. The zero-order valence-electron chi connectivity index (χ0n) is 24.1. The first kappa shape index (κ1) is 30.5. The summed E-state index contributed by atoms with van der Waals surface area (Å²) in [5, 5.41) is 0. The van der Waals surface area contributed by atoms with Gasteiger partial charge in [-0.2, -0.15) is 0 Å². The van der Waals surface area contributed by atoms with E-state index in [-0.39, 0.29) is 17.8 Å². The largest absolute Gasteiger partial charge is 0.695 e. The van der Waals surface area contributed by atoms with Crippen molar-refractivity contribution in [1.29, 1.82) is 0 Å². The Labute approximate surface area is 257 Å². The van der Waals surface area contributed by atoms with E-state index >= 15 is 4.39 Å². The van der Waals surface area contributed by atoms with Crippen LogP contribution in [-0.4, -0.2) is 63.6 Å². The number of nitrogens with zero attached hydrogens (tertiary/aromatic N) is 3. The van der Waals surface area contributed by atoms with Crippen LogP contribution in [0.5, 0.6) is 11.5 Å². The molecule has 232 valence electrons. The molecule has 1 aliphatic rings. The van der Waals surface area contributed by atoms with Crippen LogP contribution in [0.25, 0.3) is 11.2 Å². The predicted octanol–water partition coefficient (Wildman–Crippen LogP) is 4.42. The van der Waals surface area contributed by atoms with E-state index < -0.39 is 44.0 Å². The quantitative estimate of drug-likeness (QED) is 0.158. The zero-order valence-corrected chi connectivity index (χ0v) is 25.0. The summed E-state index contributed by atoms with van der Waals surface area (Å²) in [6.07, 6.45) is -3.59. The summed E-state index contributed by atoms with van der Waals surface area (Å²) in [5.74, 6) is 1.28. The van der Waals surface area contributed by atoms with Crippen LogP contribution in [0.4, 0.5) is 4.39 Å². The van der Waals surface area contributed by atoms with Gasteiger partial charge in [-0.15, -0.1) is 9.42 Å². The molecule has 0 amide bonds. The fourth-order valence-electron chi connectivity index (χ4n) is 5.60. The number of nitrogens with one attached hydrogen (secondary N) is 1. The van der Waals surface area contributed by atoms with E-state index in [0.717, 1.165) is 16.7 Å². The lowest BCUT2D eigenvalue weighted by Crippen LogP contribution is -2.38. The van der Waals surface area contributed by atoms with Gasteiger partial charge in [0.25, 0.3) is 5.56 Å². The fourth-order valence-corrected chi connectivity index (χ4v) is 6.03. The maximum atomic E-state index is 16.2. The second-order valence-corrected chi connectivity index (χ2v) is 10.9. The van der Waals surface area contributed by atoms with Crippen LogP contribution in [0, 0.1) is 0 Å². The molecule has 0 bridgehead atoms. The molecule has 12 nitrogen and oxygen atoms in total. The SMILES string of the molecule is COc1ccc(C(OC[C@H]2O[C@@H](n3cnc4c(=O)[nH]cnc43)[C@H](O[P+](=O)O)[C@@H]2F)(c2ccccc2)c2ccc(OC)cc2)cc1. The number of methoxy groups -OCH3 is 2. The zero-order chi connectivity index (χ0) is 31.6. The molecule has 1 unspecified atom stereocenters.